The van der Waals surface area contributed by atoms with Crippen LogP contribution in [0, 0.1) is 5.92 Å². The molecule has 1 atom stereocenters. The summed E-state index contributed by atoms with van der Waals surface area (Å²) in [5, 5.41) is 3.32. The number of fused-ring (bicyclic) bond motifs is 1. The van der Waals surface area contributed by atoms with Crippen LogP contribution in [0.25, 0.3) is 0 Å². The molecule has 2 aromatic carbocycles. The first kappa shape index (κ1) is 17.9. The first-order valence-electron chi connectivity index (χ1n) is 9.86. The van der Waals surface area contributed by atoms with Crippen LogP contribution in [0.5, 0.6) is 11.5 Å². The Labute approximate surface area is 160 Å². The van der Waals surface area contributed by atoms with Crippen LogP contribution in [0.1, 0.15) is 50.3 Å². The van der Waals surface area contributed by atoms with Crippen LogP contribution in [0.3, 0.4) is 0 Å². The molecule has 0 radical (unpaired) electrons. The molecule has 1 fully saturated rings. The summed E-state index contributed by atoms with van der Waals surface area (Å²) < 4.78 is 11.6. The van der Waals surface area contributed by atoms with Crippen LogP contribution >= 0.6 is 0 Å². The Hall–Kier alpha value is -2.49. The van der Waals surface area contributed by atoms with Gasteiger partial charge in [0.2, 0.25) is 5.91 Å². The quantitative estimate of drug-likeness (QED) is 0.855. The van der Waals surface area contributed by atoms with Gasteiger partial charge in [-0.1, -0.05) is 50.2 Å². The summed E-state index contributed by atoms with van der Waals surface area (Å²) in [5.74, 6) is 1.95. The van der Waals surface area contributed by atoms with Crippen molar-refractivity contribution >= 4 is 5.91 Å². The topological polar surface area (TPSA) is 47.6 Å². The average molecular weight is 365 g/mol. The van der Waals surface area contributed by atoms with Gasteiger partial charge in [-0.3, -0.25) is 4.79 Å². The van der Waals surface area contributed by atoms with Gasteiger partial charge in [-0.15, -0.1) is 0 Å². The second-order valence-electron chi connectivity index (χ2n) is 7.90. The van der Waals surface area contributed by atoms with Crippen molar-refractivity contribution in [1.29, 1.82) is 0 Å². The van der Waals surface area contributed by atoms with Crippen LogP contribution < -0.4 is 14.8 Å². The van der Waals surface area contributed by atoms with Crippen LogP contribution in [0.15, 0.2) is 48.5 Å². The summed E-state index contributed by atoms with van der Waals surface area (Å²) in [6.07, 6.45) is 2.71. The Morgan fingerprint density at radius 2 is 1.70 bits per heavy atom. The molecule has 1 amide bonds. The maximum Gasteiger partial charge on any atom is 0.231 e. The summed E-state index contributed by atoms with van der Waals surface area (Å²) in [6.45, 7) is 5.61. The summed E-state index contributed by atoms with van der Waals surface area (Å²) >= 11 is 0. The Morgan fingerprint density at radius 3 is 2.37 bits per heavy atom. The standard InChI is InChI=1S/C23H27NO3/c1-16(2)21(17-9-10-19-20(15-17)27-14-6-13-26-19)24-22(25)23(11-12-23)18-7-4-3-5-8-18/h3-5,7-10,15-16,21H,6,11-14H2,1-2H3,(H,24,25)/t21-/m1/s1. The third-order valence-corrected chi connectivity index (χ3v) is 5.59. The van der Waals surface area contributed by atoms with E-state index in [0.717, 1.165) is 41.9 Å². The zero-order valence-corrected chi connectivity index (χ0v) is 16.0. The Bertz CT molecular complexity index is 812. The predicted molar refractivity (Wildman–Crippen MR) is 105 cm³/mol. The average Bonchev–Trinajstić information content (AvgIpc) is 3.50. The van der Waals surface area contributed by atoms with Crippen molar-refractivity contribution in [2.24, 2.45) is 5.92 Å². The van der Waals surface area contributed by atoms with Crippen molar-refractivity contribution in [3.63, 3.8) is 0 Å². The van der Waals surface area contributed by atoms with Gasteiger partial charge in [-0.05, 0) is 42.0 Å². The molecule has 2 aromatic rings. The van der Waals surface area contributed by atoms with Gasteiger partial charge >= 0.3 is 0 Å². The fourth-order valence-corrected chi connectivity index (χ4v) is 3.82. The molecule has 1 aliphatic heterocycles. The fraction of sp³-hybridized carbons (Fsp3) is 0.435. The third-order valence-electron chi connectivity index (χ3n) is 5.59. The largest absolute Gasteiger partial charge is 0.490 e. The zero-order chi connectivity index (χ0) is 18.9. The van der Waals surface area contributed by atoms with Crippen LogP contribution in [-0.2, 0) is 10.2 Å². The molecule has 27 heavy (non-hydrogen) atoms. The Balaban J connectivity index is 1.57. The van der Waals surface area contributed by atoms with E-state index in [9.17, 15) is 4.79 Å². The third kappa shape index (κ3) is 3.53. The van der Waals surface area contributed by atoms with Crippen molar-refractivity contribution in [1.82, 2.24) is 5.32 Å². The minimum absolute atomic E-state index is 0.0594. The van der Waals surface area contributed by atoms with Crippen molar-refractivity contribution in [3.05, 3.63) is 59.7 Å². The molecule has 1 heterocycles. The zero-order valence-electron chi connectivity index (χ0n) is 16.0. The molecular formula is C23H27NO3. The summed E-state index contributed by atoms with van der Waals surface area (Å²) in [6, 6.07) is 16.1. The number of amides is 1. The van der Waals surface area contributed by atoms with E-state index in [4.69, 9.17) is 9.47 Å². The second kappa shape index (κ2) is 7.26. The molecular weight excluding hydrogens is 338 g/mol. The molecule has 1 aliphatic carbocycles. The van der Waals surface area contributed by atoms with Crippen LogP contribution in [-0.4, -0.2) is 19.1 Å². The van der Waals surface area contributed by atoms with Gasteiger partial charge in [0.1, 0.15) is 0 Å². The molecule has 1 N–H and O–H groups in total. The lowest BCUT2D eigenvalue weighted by atomic mass is 9.91. The molecule has 4 heteroatoms. The highest BCUT2D eigenvalue weighted by Gasteiger charge is 2.51. The van der Waals surface area contributed by atoms with E-state index in [1.165, 1.54) is 0 Å². The highest BCUT2D eigenvalue weighted by molar-refractivity contribution is 5.91. The van der Waals surface area contributed by atoms with Gasteiger partial charge in [0.25, 0.3) is 0 Å². The number of hydrogen-bond donors (Lipinski definition) is 1. The highest BCUT2D eigenvalue weighted by atomic mass is 16.5. The van der Waals surface area contributed by atoms with Crippen LogP contribution in [0.2, 0.25) is 0 Å². The molecule has 4 rings (SSSR count). The van der Waals surface area contributed by atoms with Gasteiger partial charge < -0.3 is 14.8 Å². The lowest BCUT2D eigenvalue weighted by molar-refractivity contribution is -0.124. The molecule has 2 aliphatic rings. The lowest BCUT2D eigenvalue weighted by Crippen LogP contribution is -2.39. The van der Waals surface area contributed by atoms with Gasteiger partial charge in [0, 0.05) is 6.42 Å². The van der Waals surface area contributed by atoms with Crippen molar-refractivity contribution < 1.29 is 14.3 Å². The minimum atomic E-state index is -0.361. The molecule has 4 nitrogen and oxygen atoms in total. The summed E-state index contributed by atoms with van der Waals surface area (Å²) in [5.41, 5.74) is 1.81. The first-order valence-corrected chi connectivity index (χ1v) is 9.86. The molecule has 0 spiro atoms. The molecule has 0 saturated heterocycles. The molecule has 0 unspecified atom stereocenters. The van der Waals surface area contributed by atoms with E-state index >= 15 is 0 Å². The van der Waals surface area contributed by atoms with E-state index in [2.05, 4.69) is 31.3 Å². The van der Waals surface area contributed by atoms with E-state index in [1.54, 1.807) is 0 Å². The number of hydrogen-bond acceptors (Lipinski definition) is 3. The SMILES string of the molecule is CC(C)[C@@H](NC(=O)C1(c2ccccc2)CC1)c1ccc2c(c1)OCCCO2. The number of nitrogens with one attached hydrogen (secondary N) is 1. The number of benzene rings is 2. The summed E-state index contributed by atoms with van der Waals surface area (Å²) in [4.78, 5) is 13.2. The molecule has 142 valence electrons. The fourth-order valence-electron chi connectivity index (χ4n) is 3.82. The van der Waals surface area contributed by atoms with Gasteiger partial charge in [-0.2, -0.15) is 0 Å². The van der Waals surface area contributed by atoms with Crippen LogP contribution in [0.4, 0.5) is 0 Å². The number of rotatable bonds is 5. The number of carbonyl (C=O) groups is 1. The molecule has 0 aromatic heterocycles. The summed E-state index contributed by atoms with van der Waals surface area (Å²) in [7, 11) is 0. The first-order chi connectivity index (χ1) is 13.1. The van der Waals surface area contributed by atoms with Crippen molar-refractivity contribution in [2.75, 3.05) is 13.2 Å². The monoisotopic (exact) mass is 365 g/mol. The lowest BCUT2D eigenvalue weighted by Gasteiger charge is -2.26. The smallest absolute Gasteiger partial charge is 0.231 e. The maximum atomic E-state index is 13.2. The minimum Gasteiger partial charge on any atom is -0.490 e. The van der Waals surface area contributed by atoms with Gasteiger partial charge in [-0.25, -0.2) is 0 Å². The molecule has 1 saturated carbocycles. The Kier molecular flexibility index (Phi) is 4.81. The predicted octanol–water partition coefficient (Wildman–Crippen LogP) is 4.39. The number of carbonyl (C=O) groups excluding carboxylic acids is 1. The van der Waals surface area contributed by atoms with E-state index < -0.39 is 0 Å². The second-order valence-corrected chi connectivity index (χ2v) is 7.90. The van der Waals surface area contributed by atoms with Gasteiger partial charge in [0.05, 0.1) is 24.7 Å². The highest BCUT2D eigenvalue weighted by Crippen LogP contribution is 2.49. The maximum absolute atomic E-state index is 13.2. The molecule has 0 bridgehead atoms. The van der Waals surface area contributed by atoms with E-state index in [1.807, 2.05) is 36.4 Å². The van der Waals surface area contributed by atoms with E-state index in [-0.39, 0.29) is 23.3 Å². The van der Waals surface area contributed by atoms with E-state index in [0.29, 0.717) is 13.2 Å². The van der Waals surface area contributed by atoms with Gasteiger partial charge in [0.15, 0.2) is 11.5 Å². The Morgan fingerprint density at radius 1 is 1.00 bits per heavy atom. The van der Waals surface area contributed by atoms with Crippen molar-refractivity contribution in [3.8, 4) is 11.5 Å². The van der Waals surface area contributed by atoms with Crippen molar-refractivity contribution in [2.45, 2.75) is 44.6 Å². The number of ether oxygens (including phenoxy) is 2. The normalized spacial score (nSPS) is 18.5.